The van der Waals surface area contributed by atoms with Gasteiger partial charge < -0.3 is 29.4 Å². The van der Waals surface area contributed by atoms with Crippen molar-refractivity contribution in [3.05, 3.63) is 65.2 Å². The Balaban J connectivity index is 1.14. The number of hydrogen-bond acceptors (Lipinski definition) is 8. The van der Waals surface area contributed by atoms with Gasteiger partial charge in [-0.1, -0.05) is 25.1 Å². The second-order valence-corrected chi connectivity index (χ2v) is 10.4. The van der Waals surface area contributed by atoms with Gasteiger partial charge in [-0.25, -0.2) is 14.2 Å². The van der Waals surface area contributed by atoms with Crippen LogP contribution in [0.4, 0.5) is 21.9 Å². The summed E-state index contributed by atoms with van der Waals surface area (Å²) in [6.45, 7) is 4.52. The summed E-state index contributed by atoms with van der Waals surface area (Å²) in [7, 11) is 0. The number of pyridine rings is 1. The molecule has 0 saturated carbocycles. The first kappa shape index (κ1) is 27.6. The fraction of sp³-hybridized carbons (Fsp3) is 0.448. The lowest BCUT2D eigenvalue weighted by Crippen LogP contribution is -2.37. The predicted molar refractivity (Wildman–Crippen MR) is 148 cm³/mol. The minimum atomic E-state index is -0.958. The molecule has 10 nitrogen and oxygen atoms in total. The van der Waals surface area contributed by atoms with Crippen LogP contribution in [-0.4, -0.2) is 59.2 Å². The summed E-state index contributed by atoms with van der Waals surface area (Å²) in [5.41, 5.74) is 1.39. The van der Waals surface area contributed by atoms with Gasteiger partial charge in [-0.2, -0.15) is 4.98 Å². The van der Waals surface area contributed by atoms with Gasteiger partial charge >= 0.3 is 5.97 Å². The molecule has 2 aliphatic heterocycles. The number of ether oxygens (including phenoxy) is 1. The number of nitrogens with zero attached hydrogens (tertiary/aromatic N) is 4. The van der Waals surface area contributed by atoms with Gasteiger partial charge in [0.05, 0.1) is 30.2 Å². The Morgan fingerprint density at radius 2 is 1.93 bits per heavy atom. The lowest BCUT2D eigenvalue weighted by Gasteiger charge is -2.32. The van der Waals surface area contributed by atoms with E-state index in [1.54, 1.807) is 30.5 Å². The number of anilines is 3. The highest BCUT2D eigenvalue weighted by Crippen LogP contribution is 2.27. The largest absolute Gasteiger partial charge is 0.478 e. The minimum Gasteiger partial charge on any atom is -0.478 e. The number of carbonyl (C=O) groups excluding carboxylic acids is 1. The molecule has 11 heteroatoms. The predicted octanol–water partition coefficient (Wildman–Crippen LogP) is 4.91. The van der Waals surface area contributed by atoms with E-state index < -0.39 is 18.6 Å². The van der Waals surface area contributed by atoms with Crippen LogP contribution in [0.2, 0.25) is 0 Å². The smallest absolute Gasteiger partial charge is 0.336 e. The van der Waals surface area contributed by atoms with Crippen molar-refractivity contribution in [1.82, 2.24) is 9.97 Å². The molecule has 212 valence electrons. The molecule has 0 aliphatic carbocycles. The molecule has 3 aromatic rings. The highest BCUT2D eigenvalue weighted by atomic mass is 19.1. The van der Waals surface area contributed by atoms with Crippen LogP contribution < -0.4 is 15.1 Å². The van der Waals surface area contributed by atoms with E-state index in [4.69, 9.17) is 9.15 Å². The Hall–Kier alpha value is -3.99. The molecular weight excluding hydrogens is 517 g/mol. The molecule has 2 fully saturated rings. The van der Waals surface area contributed by atoms with E-state index in [0.29, 0.717) is 17.2 Å². The van der Waals surface area contributed by atoms with Crippen LogP contribution in [0.3, 0.4) is 0 Å². The maximum Gasteiger partial charge on any atom is 0.336 e. The second kappa shape index (κ2) is 12.5. The number of aromatic carboxylic acids is 1. The Kier molecular flexibility index (Phi) is 8.59. The number of rotatable bonds is 9. The fourth-order valence-electron chi connectivity index (χ4n) is 5.25. The van der Waals surface area contributed by atoms with Crippen LogP contribution in [0.1, 0.15) is 64.8 Å². The third-order valence-electron chi connectivity index (χ3n) is 7.44. The summed E-state index contributed by atoms with van der Waals surface area (Å²) < 4.78 is 25.4. The number of oxazole rings is 1. The number of carbonyl (C=O) groups is 2. The molecule has 0 spiro atoms. The summed E-state index contributed by atoms with van der Waals surface area (Å²) in [6.07, 6.45) is 5.29. The Labute approximate surface area is 232 Å². The number of nitrogens with one attached hydrogen (secondary N) is 1. The van der Waals surface area contributed by atoms with Crippen molar-refractivity contribution >= 4 is 29.4 Å². The first-order valence-electron chi connectivity index (χ1n) is 13.7. The summed E-state index contributed by atoms with van der Waals surface area (Å²) >= 11 is 0. The van der Waals surface area contributed by atoms with Gasteiger partial charge in [-0.3, -0.25) is 4.79 Å². The molecular formula is C29H34FN5O5. The minimum absolute atomic E-state index is 0.00755. The summed E-state index contributed by atoms with van der Waals surface area (Å²) in [5.74, 6) is -0.379. The zero-order chi connectivity index (χ0) is 28.1. The number of hydrogen-bond donors (Lipinski definition) is 2. The Morgan fingerprint density at radius 1 is 1.12 bits per heavy atom. The zero-order valence-electron chi connectivity index (χ0n) is 22.5. The first-order chi connectivity index (χ1) is 19.4. The van der Waals surface area contributed by atoms with E-state index in [9.17, 15) is 19.1 Å². The Bertz CT molecular complexity index is 1320. The standard InChI is InChI=1S/C29H34FN5O5/c1-19-5-4-12-35(17-19)29-33-24(15-30)26(40-29)27(36)32-21-8-9-25(31-16-21)34-13-10-22(11-14-34)39-18-20-6-2-3-7-23(20)28(37)38/h2-3,6-9,16,19,22H,4-5,10-15,17-18H2,1H3,(H,32,36)(H,37,38). The zero-order valence-corrected chi connectivity index (χ0v) is 22.5. The van der Waals surface area contributed by atoms with Crippen molar-refractivity contribution in [2.45, 2.75) is 52.0 Å². The van der Waals surface area contributed by atoms with Gasteiger partial charge in [0.2, 0.25) is 5.76 Å². The SMILES string of the molecule is CC1CCCN(c2nc(CF)c(C(=O)Nc3ccc(N4CCC(OCc5ccccc5C(=O)O)CC4)nc3)o2)C1. The van der Waals surface area contributed by atoms with Crippen molar-refractivity contribution in [2.75, 3.05) is 41.3 Å². The maximum atomic E-state index is 13.6. The summed E-state index contributed by atoms with van der Waals surface area (Å²) in [4.78, 5) is 37.1. The highest BCUT2D eigenvalue weighted by molar-refractivity contribution is 6.03. The van der Waals surface area contributed by atoms with Gasteiger partial charge in [0.1, 0.15) is 18.2 Å². The molecule has 2 saturated heterocycles. The third-order valence-corrected chi connectivity index (χ3v) is 7.44. The van der Waals surface area contributed by atoms with Crippen molar-refractivity contribution < 1.29 is 28.2 Å². The number of carboxylic acids is 1. The monoisotopic (exact) mass is 551 g/mol. The van der Waals surface area contributed by atoms with E-state index >= 15 is 0 Å². The number of amides is 1. The molecule has 0 radical (unpaired) electrons. The first-order valence-corrected chi connectivity index (χ1v) is 13.7. The van der Waals surface area contributed by atoms with Gasteiger partial charge in [-0.15, -0.1) is 0 Å². The molecule has 2 N–H and O–H groups in total. The molecule has 40 heavy (non-hydrogen) atoms. The van der Waals surface area contributed by atoms with Gasteiger partial charge in [0, 0.05) is 26.2 Å². The second-order valence-electron chi connectivity index (χ2n) is 10.4. The van der Waals surface area contributed by atoms with E-state index in [2.05, 4.69) is 27.1 Å². The van der Waals surface area contributed by atoms with Crippen LogP contribution in [0.25, 0.3) is 0 Å². The van der Waals surface area contributed by atoms with Crippen LogP contribution in [0.15, 0.2) is 47.0 Å². The number of aromatic nitrogens is 2. The number of piperidine rings is 2. The van der Waals surface area contributed by atoms with Crippen LogP contribution in [-0.2, 0) is 18.0 Å². The van der Waals surface area contributed by atoms with Crippen LogP contribution in [0, 0.1) is 5.92 Å². The number of carboxylic acid groups (broad SMARTS) is 1. The summed E-state index contributed by atoms with van der Waals surface area (Å²) in [5, 5.41) is 12.1. The molecule has 1 aromatic carbocycles. The molecule has 2 aromatic heterocycles. The molecule has 2 aliphatic rings. The van der Waals surface area contributed by atoms with E-state index in [1.807, 2.05) is 17.0 Å². The van der Waals surface area contributed by atoms with Crippen molar-refractivity contribution in [1.29, 1.82) is 0 Å². The molecule has 4 heterocycles. The van der Waals surface area contributed by atoms with E-state index in [0.717, 1.165) is 57.7 Å². The average molecular weight is 552 g/mol. The number of benzene rings is 1. The van der Waals surface area contributed by atoms with Crippen LogP contribution >= 0.6 is 0 Å². The van der Waals surface area contributed by atoms with Crippen molar-refractivity contribution in [2.24, 2.45) is 5.92 Å². The topological polar surface area (TPSA) is 121 Å². The number of alkyl halides is 1. The molecule has 1 amide bonds. The third kappa shape index (κ3) is 6.41. The molecule has 5 rings (SSSR count). The van der Waals surface area contributed by atoms with E-state index in [-0.39, 0.29) is 35.7 Å². The van der Waals surface area contributed by atoms with Gasteiger partial charge in [0.25, 0.3) is 11.9 Å². The molecule has 1 unspecified atom stereocenters. The number of halogens is 1. The normalized spacial score (nSPS) is 18.1. The van der Waals surface area contributed by atoms with Crippen molar-refractivity contribution in [3.63, 3.8) is 0 Å². The fourth-order valence-corrected chi connectivity index (χ4v) is 5.25. The van der Waals surface area contributed by atoms with E-state index in [1.165, 1.54) is 0 Å². The lowest BCUT2D eigenvalue weighted by molar-refractivity contribution is 0.0242. The lowest BCUT2D eigenvalue weighted by atomic mass is 10.0. The van der Waals surface area contributed by atoms with Gasteiger partial charge in [0.15, 0.2) is 0 Å². The average Bonchev–Trinajstić information content (AvgIpc) is 3.42. The van der Waals surface area contributed by atoms with Crippen LogP contribution in [0.5, 0.6) is 0 Å². The summed E-state index contributed by atoms with van der Waals surface area (Å²) in [6, 6.07) is 10.7. The molecule has 1 atom stereocenters. The van der Waals surface area contributed by atoms with Crippen molar-refractivity contribution in [3.8, 4) is 0 Å². The molecule has 0 bridgehead atoms. The Morgan fingerprint density at radius 3 is 2.62 bits per heavy atom. The highest BCUT2D eigenvalue weighted by Gasteiger charge is 2.26. The maximum absolute atomic E-state index is 13.6. The quantitative estimate of drug-likeness (QED) is 0.382. The van der Waals surface area contributed by atoms with Gasteiger partial charge in [-0.05, 0) is 55.4 Å².